The van der Waals surface area contributed by atoms with Crippen molar-refractivity contribution in [2.75, 3.05) is 6.61 Å². The quantitative estimate of drug-likeness (QED) is 0.208. The summed E-state index contributed by atoms with van der Waals surface area (Å²) in [5.74, 6) is -2.23. The average Bonchev–Trinajstić information content (AvgIpc) is 2.91. The molecule has 0 bridgehead atoms. The first-order valence-electron chi connectivity index (χ1n) is 16.0. The Kier molecular flexibility index (Phi) is 12.1. The lowest BCUT2D eigenvalue weighted by Gasteiger charge is -2.30. The van der Waals surface area contributed by atoms with E-state index in [4.69, 9.17) is 23.7 Å². The maximum atomic E-state index is 13.9. The Morgan fingerprint density at radius 3 is 2.12 bits per heavy atom. The van der Waals surface area contributed by atoms with Crippen molar-refractivity contribution in [3.8, 4) is 11.5 Å². The van der Waals surface area contributed by atoms with Crippen LogP contribution in [-0.4, -0.2) is 66.2 Å². The van der Waals surface area contributed by atoms with Crippen molar-refractivity contribution in [1.29, 1.82) is 0 Å². The summed E-state index contributed by atoms with van der Waals surface area (Å²) < 4.78 is 58.1. The van der Waals surface area contributed by atoms with Crippen molar-refractivity contribution in [2.45, 2.75) is 118 Å². The maximum Gasteiger partial charge on any atom is 0.425 e. The van der Waals surface area contributed by atoms with Crippen LogP contribution < -0.4 is 14.2 Å². The summed E-state index contributed by atoms with van der Waals surface area (Å²) in [6.07, 6.45) is -0.813. The molecule has 49 heavy (non-hydrogen) atoms. The van der Waals surface area contributed by atoms with E-state index < -0.39 is 70.0 Å². The van der Waals surface area contributed by atoms with Crippen LogP contribution >= 0.6 is 0 Å². The van der Waals surface area contributed by atoms with Gasteiger partial charge in [-0.15, -0.1) is 0 Å². The molecule has 270 valence electrons. The fourth-order valence-electron chi connectivity index (χ4n) is 4.64. The highest BCUT2D eigenvalue weighted by Crippen LogP contribution is 2.32. The van der Waals surface area contributed by atoms with Crippen LogP contribution in [0, 0.1) is 6.92 Å². The van der Waals surface area contributed by atoms with E-state index >= 15 is 0 Å². The van der Waals surface area contributed by atoms with Gasteiger partial charge in [-0.1, -0.05) is 23.8 Å². The molecule has 0 spiro atoms. The first-order valence-corrected chi connectivity index (χ1v) is 17.4. The largest absolute Gasteiger partial charge is 0.490 e. The van der Waals surface area contributed by atoms with Crippen LogP contribution in [0.1, 0.15) is 102 Å². The van der Waals surface area contributed by atoms with Gasteiger partial charge in [0, 0.05) is 0 Å². The van der Waals surface area contributed by atoms with Gasteiger partial charge >= 0.3 is 34.2 Å². The molecule has 1 N–H and O–H groups in total. The minimum Gasteiger partial charge on any atom is -0.490 e. The number of amides is 1. The third-order valence-electron chi connectivity index (χ3n) is 6.53. The lowest BCUT2D eigenvalue weighted by Crippen LogP contribution is -2.52. The van der Waals surface area contributed by atoms with Crippen LogP contribution in [0.5, 0.6) is 11.5 Å². The summed E-state index contributed by atoms with van der Waals surface area (Å²) in [6, 6.07) is 8.10. The number of nitrogens with one attached hydrogen (secondary N) is 1. The van der Waals surface area contributed by atoms with E-state index in [9.17, 15) is 27.6 Å². The summed E-state index contributed by atoms with van der Waals surface area (Å²) in [6.45, 7) is 15.9. The Balaban J connectivity index is 1.98. The molecular weight excluding hydrogens is 656 g/mol. The van der Waals surface area contributed by atoms with Gasteiger partial charge in [0.15, 0.2) is 11.5 Å². The van der Waals surface area contributed by atoms with Crippen molar-refractivity contribution in [1.82, 2.24) is 9.03 Å². The smallest absolute Gasteiger partial charge is 0.425 e. The Morgan fingerprint density at radius 2 is 1.51 bits per heavy atom. The normalized spacial score (nSPS) is 14.6. The summed E-state index contributed by atoms with van der Waals surface area (Å²) in [4.78, 5) is 52.4. The van der Waals surface area contributed by atoms with Crippen LogP contribution in [0.4, 0.5) is 4.79 Å². The molecule has 1 heterocycles. The molecule has 1 atom stereocenters. The number of benzene rings is 2. The number of fused-ring (bicyclic) bond motifs is 2. The third-order valence-corrected chi connectivity index (χ3v) is 7.97. The number of rotatable bonds is 8. The molecule has 0 aromatic heterocycles. The van der Waals surface area contributed by atoms with Crippen LogP contribution in [0.25, 0.3) is 0 Å². The summed E-state index contributed by atoms with van der Waals surface area (Å²) in [5.41, 5.74) is -0.490. The van der Waals surface area contributed by atoms with Gasteiger partial charge in [0.05, 0.1) is 25.1 Å². The van der Waals surface area contributed by atoms with E-state index in [1.807, 2.05) is 19.1 Å². The predicted molar refractivity (Wildman–Crippen MR) is 180 cm³/mol. The number of ether oxygens (including phenoxy) is 5. The molecule has 0 fully saturated rings. The zero-order chi connectivity index (χ0) is 36.9. The second-order valence-corrected chi connectivity index (χ2v) is 16.4. The molecule has 0 aliphatic carbocycles. The second kappa shape index (κ2) is 15.2. The minimum atomic E-state index is -4.90. The molecule has 1 aliphatic rings. The topological polar surface area (TPSA) is 164 Å². The predicted octanol–water partition coefficient (Wildman–Crippen LogP) is 5.55. The standard InChI is InChI=1S/C35H48N2O11S/c1-22-13-15-25-24(18-22)12-11-17-44-28-19-23(14-16-27(28)45-30(25)39)21-37(32(41)48-35(8,9)10)49(42,43)36-26(31(40)47-34(5,6)7)20-29(38)46-33(2,3)4/h13-16,18-19,26,36H,11-12,17,20-21H2,1-10H3/t26-/m0/s1. The minimum absolute atomic E-state index is 0.106. The molecule has 0 saturated heterocycles. The molecule has 13 nitrogen and oxygen atoms in total. The first-order chi connectivity index (χ1) is 22.4. The number of aryl methyl sites for hydroxylation is 2. The van der Waals surface area contributed by atoms with Crippen molar-refractivity contribution in [3.05, 3.63) is 58.7 Å². The van der Waals surface area contributed by atoms with Crippen LogP contribution in [0.15, 0.2) is 36.4 Å². The SMILES string of the molecule is Cc1ccc2c(c1)CCCOc1cc(CN(C(=O)OC(C)(C)C)S(=O)(=O)N[C@@H](CC(=O)OC(C)(C)C)C(=O)OC(C)(C)C)ccc1OC2=O. The van der Waals surface area contributed by atoms with Gasteiger partial charge in [0.1, 0.15) is 22.8 Å². The van der Waals surface area contributed by atoms with Crippen molar-refractivity contribution in [3.63, 3.8) is 0 Å². The molecule has 2 aromatic carbocycles. The van der Waals surface area contributed by atoms with Gasteiger partial charge in [0.2, 0.25) is 0 Å². The monoisotopic (exact) mass is 704 g/mol. The van der Waals surface area contributed by atoms with E-state index in [-0.39, 0.29) is 23.7 Å². The van der Waals surface area contributed by atoms with E-state index in [2.05, 4.69) is 4.72 Å². The zero-order valence-electron chi connectivity index (χ0n) is 29.9. The maximum absolute atomic E-state index is 13.9. The van der Waals surface area contributed by atoms with Gasteiger partial charge in [-0.05, 0) is 111 Å². The molecule has 0 radical (unpaired) electrons. The molecular formula is C35H48N2O11S. The van der Waals surface area contributed by atoms with E-state index in [0.29, 0.717) is 22.7 Å². The Morgan fingerprint density at radius 1 is 0.878 bits per heavy atom. The number of hydrogen-bond acceptors (Lipinski definition) is 11. The highest BCUT2D eigenvalue weighted by Gasteiger charge is 2.38. The average molecular weight is 705 g/mol. The molecule has 0 saturated carbocycles. The van der Waals surface area contributed by atoms with Crippen LogP contribution in [-0.2, 0) is 47.0 Å². The van der Waals surface area contributed by atoms with Gasteiger partial charge in [-0.2, -0.15) is 17.4 Å². The lowest BCUT2D eigenvalue weighted by atomic mass is 10.0. The number of nitrogens with zero attached hydrogens (tertiary/aromatic N) is 1. The highest BCUT2D eigenvalue weighted by atomic mass is 32.2. The number of esters is 3. The molecule has 3 rings (SSSR count). The lowest BCUT2D eigenvalue weighted by molar-refractivity contribution is -0.164. The molecule has 1 amide bonds. The Bertz CT molecular complexity index is 1670. The van der Waals surface area contributed by atoms with Gasteiger partial charge in [-0.3, -0.25) is 9.59 Å². The fourth-order valence-corrected chi connectivity index (χ4v) is 5.86. The molecule has 2 aromatic rings. The van der Waals surface area contributed by atoms with Crippen molar-refractivity contribution >= 4 is 34.2 Å². The molecule has 14 heteroatoms. The van der Waals surface area contributed by atoms with Gasteiger partial charge in [-0.25, -0.2) is 9.59 Å². The molecule has 1 aliphatic heterocycles. The molecule has 0 unspecified atom stereocenters. The summed E-state index contributed by atoms with van der Waals surface area (Å²) in [5, 5.41) is 0. The van der Waals surface area contributed by atoms with Crippen LogP contribution in [0.3, 0.4) is 0 Å². The summed E-state index contributed by atoms with van der Waals surface area (Å²) >= 11 is 0. The third kappa shape index (κ3) is 12.3. The Labute approximate surface area is 288 Å². The highest BCUT2D eigenvalue weighted by molar-refractivity contribution is 7.87. The van der Waals surface area contributed by atoms with E-state index in [0.717, 1.165) is 11.1 Å². The number of hydrogen-bond donors (Lipinski definition) is 1. The first kappa shape index (κ1) is 39.3. The number of carbonyl (C=O) groups is 4. The fraction of sp³-hybridized carbons (Fsp3) is 0.543. The summed E-state index contributed by atoms with van der Waals surface area (Å²) in [7, 11) is -4.90. The second-order valence-electron chi connectivity index (χ2n) is 14.8. The van der Waals surface area contributed by atoms with Gasteiger partial charge in [0.25, 0.3) is 0 Å². The van der Waals surface area contributed by atoms with Crippen LogP contribution in [0.2, 0.25) is 0 Å². The van der Waals surface area contributed by atoms with Gasteiger partial charge < -0.3 is 23.7 Å². The van der Waals surface area contributed by atoms with E-state index in [1.165, 1.54) is 18.2 Å². The van der Waals surface area contributed by atoms with Crippen molar-refractivity contribution < 1.29 is 51.3 Å². The Hall–Kier alpha value is -4.17. The van der Waals surface area contributed by atoms with E-state index in [1.54, 1.807) is 68.4 Å². The van der Waals surface area contributed by atoms with Crippen molar-refractivity contribution in [2.24, 2.45) is 0 Å². The zero-order valence-corrected chi connectivity index (χ0v) is 30.7. The number of carbonyl (C=O) groups excluding carboxylic acids is 4.